The third-order valence-corrected chi connectivity index (χ3v) is 3.91. The van der Waals surface area contributed by atoms with E-state index in [-0.39, 0.29) is 0 Å². The molecular formula is C14H18F2O. The van der Waals surface area contributed by atoms with Crippen LogP contribution in [0.5, 0.6) is 0 Å². The van der Waals surface area contributed by atoms with Gasteiger partial charge in [0.1, 0.15) is 11.6 Å². The Morgan fingerprint density at radius 2 is 1.71 bits per heavy atom. The molecule has 1 aliphatic rings. The minimum absolute atomic E-state index is 0.379. The van der Waals surface area contributed by atoms with Gasteiger partial charge in [0.25, 0.3) is 0 Å². The Kier molecular flexibility index (Phi) is 3.48. The molecule has 0 amide bonds. The Morgan fingerprint density at radius 1 is 1.18 bits per heavy atom. The van der Waals surface area contributed by atoms with E-state index in [1.165, 1.54) is 12.1 Å². The van der Waals surface area contributed by atoms with Gasteiger partial charge in [0, 0.05) is 6.07 Å². The molecule has 0 bridgehead atoms. The van der Waals surface area contributed by atoms with Gasteiger partial charge in [0.2, 0.25) is 0 Å². The molecule has 1 saturated carbocycles. The van der Waals surface area contributed by atoms with Crippen LogP contribution in [-0.2, 0) is 5.60 Å². The molecule has 2 rings (SSSR count). The predicted octanol–water partition coefficient (Wildman–Crippen LogP) is 3.75. The second-order valence-corrected chi connectivity index (χ2v) is 5.04. The maximum atomic E-state index is 13.1. The van der Waals surface area contributed by atoms with E-state index in [4.69, 9.17) is 0 Å². The summed E-state index contributed by atoms with van der Waals surface area (Å²) in [5.41, 5.74) is -0.668. The molecule has 0 heterocycles. The fourth-order valence-electron chi connectivity index (χ4n) is 2.67. The predicted molar refractivity (Wildman–Crippen MR) is 62.5 cm³/mol. The summed E-state index contributed by atoms with van der Waals surface area (Å²) in [6.07, 6.45) is 4.13. The summed E-state index contributed by atoms with van der Waals surface area (Å²) in [7, 11) is 0. The molecule has 0 radical (unpaired) electrons. The van der Waals surface area contributed by atoms with E-state index in [0.717, 1.165) is 25.3 Å². The van der Waals surface area contributed by atoms with Gasteiger partial charge in [-0.05, 0) is 49.3 Å². The van der Waals surface area contributed by atoms with Crippen molar-refractivity contribution in [3.05, 3.63) is 35.4 Å². The second kappa shape index (κ2) is 4.73. The lowest BCUT2D eigenvalue weighted by Gasteiger charge is -2.36. The van der Waals surface area contributed by atoms with Gasteiger partial charge in [0.15, 0.2) is 0 Å². The van der Waals surface area contributed by atoms with Crippen molar-refractivity contribution in [2.24, 2.45) is 5.92 Å². The third-order valence-electron chi connectivity index (χ3n) is 3.91. The van der Waals surface area contributed by atoms with Crippen molar-refractivity contribution < 1.29 is 13.9 Å². The minimum atomic E-state index is -1.05. The number of benzene rings is 1. The SMILES string of the molecule is CCC1CCC(O)(c2cc(F)cc(F)c2)CC1. The third kappa shape index (κ3) is 2.65. The lowest BCUT2D eigenvalue weighted by Crippen LogP contribution is -2.31. The summed E-state index contributed by atoms with van der Waals surface area (Å²) >= 11 is 0. The maximum absolute atomic E-state index is 13.1. The van der Waals surface area contributed by atoms with Gasteiger partial charge < -0.3 is 5.11 Å². The number of rotatable bonds is 2. The molecule has 0 aromatic heterocycles. The smallest absolute Gasteiger partial charge is 0.126 e. The highest BCUT2D eigenvalue weighted by Crippen LogP contribution is 2.40. The van der Waals surface area contributed by atoms with Crippen LogP contribution >= 0.6 is 0 Å². The quantitative estimate of drug-likeness (QED) is 0.834. The first-order valence-corrected chi connectivity index (χ1v) is 6.22. The van der Waals surface area contributed by atoms with Crippen molar-refractivity contribution >= 4 is 0 Å². The van der Waals surface area contributed by atoms with Crippen molar-refractivity contribution in [1.29, 1.82) is 0 Å². The zero-order chi connectivity index (χ0) is 12.5. The lowest BCUT2D eigenvalue weighted by atomic mass is 9.74. The monoisotopic (exact) mass is 240 g/mol. The first-order chi connectivity index (χ1) is 8.03. The first kappa shape index (κ1) is 12.5. The Morgan fingerprint density at radius 3 is 2.18 bits per heavy atom. The van der Waals surface area contributed by atoms with Gasteiger partial charge in [-0.1, -0.05) is 13.3 Å². The number of hydrogen-bond acceptors (Lipinski definition) is 1. The van der Waals surface area contributed by atoms with Crippen LogP contribution in [0.25, 0.3) is 0 Å². The number of aliphatic hydroxyl groups is 1. The van der Waals surface area contributed by atoms with E-state index < -0.39 is 17.2 Å². The molecule has 0 atom stereocenters. The highest BCUT2D eigenvalue weighted by atomic mass is 19.1. The van der Waals surface area contributed by atoms with Crippen molar-refractivity contribution in [2.45, 2.75) is 44.6 Å². The molecule has 0 saturated heterocycles. The van der Waals surface area contributed by atoms with Crippen molar-refractivity contribution in [2.75, 3.05) is 0 Å². The van der Waals surface area contributed by atoms with Crippen molar-refractivity contribution in [3.63, 3.8) is 0 Å². The zero-order valence-electron chi connectivity index (χ0n) is 10.0. The largest absolute Gasteiger partial charge is 0.385 e. The van der Waals surface area contributed by atoms with E-state index in [0.29, 0.717) is 24.3 Å². The fraction of sp³-hybridized carbons (Fsp3) is 0.571. The van der Waals surface area contributed by atoms with Gasteiger partial charge in [-0.25, -0.2) is 8.78 Å². The highest BCUT2D eigenvalue weighted by Gasteiger charge is 2.34. The van der Waals surface area contributed by atoms with Crippen LogP contribution in [0.4, 0.5) is 8.78 Å². The fourth-order valence-corrected chi connectivity index (χ4v) is 2.67. The lowest BCUT2D eigenvalue weighted by molar-refractivity contribution is -0.0150. The Hall–Kier alpha value is -0.960. The molecule has 1 N–H and O–H groups in total. The van der Waals surface area contributed by atoms with E-state index in [9.17, 15) is 13.9 Å². The summed E-state index contributed by atoms with van der Waals surface area (Å²) in [5.74, 6) is -0.606. The van der Waals surface area contributed by atoms with E-state index in [1.54, 1.807) is 0 Å². The zero-order valence-corrected chi connectivity index (χ0v) is 10.0. The maximum Gasteiger partial charge on any atom is 0.126 e. The molecule has 17 heavy (non-hydrogen) atoms. The molecule has 3 heteroatoms. The van der Waals surface area contributed by atoms with Crippen LogP contribution < -0.4 is 0 Å². The summed E-state index contributed by atoms with van der Waals surface area (Å²) in [6.45, 7) is 2.14. The van der Waals surface area contributed by atoms with Gasteiger partial charge in [-0.3, -0.25) is 0 Å². The molecule has 1 fully saturated rings. The summed E-state index contributed by atoms with van der Waals surface area (Å²) in [6, 6.07) is 3.33. The number of halogens is 2. The molecule has 0 aliphatic heterocycles. The van der Waals surface area contributed by atoms with Crippen molar-refractivity contribution in [3.8, 4) is 0 Å². The topological polar surface area (TPSA) is 20.2 Å². The van der Waals surface area contributed by atoms with E-state index in [2.05, 4.69) is 6.92 Å². The van der Waals surface area contributed by atoms with Crippen molar-refractivity contribution in [1.82, 2.24) is 0 Å². The molecule has 94 valence electrons. The van der Waals surface area contributed by atoms with E-state index >= 15 is 0 Å². The van der Waals surface area contributed by atoms with Gasteiger partial charge in [-0.15, -0.1) is 0 Å². The number of hydrogen-bond donors (Lipinski definition) is 1. The average Bonchev–Trinajstić information content (AvgIpc) is 2.29. The first-order valence-electron chi connectivity index (χ1n) is 6.22. The van der Waals surface area contributed by atoms with Crippen LogP contribution in [-0.4, -0.2) is 5.11 Å². The summed E-state index contributed by atoms with van der Waals surface area (Å²) < 4.78 is 26.3. The minimum Gasteiger partial charge on any atom is -0.385 e. The molecule has 1 aromatic carbocycles. The molecule has 1 aromatic rings. The van der Waals surface area contributed by atoms with Crippen LogP contribution in [0.3, 0.4) is 0 Å². The van der Waals surface area contributed by atoms with Crippen LogP contribution in [0.2, 0.25) is 0 Å². The van der Waals surface area contributed by atoms with Crippen LogP contribution in [0.15, 0.2) is 18.2 Å². The molecule has 0 unspecified atom stereocenters. The normalized spacial score (nSPS) is 29.3. The van der Waals surface area contributed by atoms with Crippen LogP contribution in [0, 0.1) is 17.6 Å². The van der Waals surface area contributed by atoms with Crippen LogP contribution in [0.1, 0.15) is 44.6 Å². The molecular weight excluding hydrogens is 222 g/mol. The molecule has 1 nitrogen and oxygen atoms in total. The highest BCUT2D eigenvalue weighted by molar-refractivity contribution is 5.24. The van der Waals surface area contributed by atoms with Gasteiger partial charge in [0.05, 0.1) is 5.60 Å². The Bertz CT molecular complexity index is 375. The van der Waals surface area contributed by atoms with Gasteiger partial charge >= 0.3 is 0 Å². The molecule has 1 aliphatic carbocycles. The molecule has 0 spiro atoms. The Balaban J connectivity index is 2.21. The standard InChI is InChI=1S/C14H18F2O/c1-2-10-3-5-14(17,6-4-10)11-7-12(15)9-13(16)8-11/h7-10,17H,2-6H2,1H3. The van der Waals surface area contributed by atoms with E-state index in [1.807, 2.05) is 0 Å². The average molecular weight is 240 g/mol. The summed E-state index contributed by atoms with van der Waals surface area (Å²) in [5, 5.41) is 10.5. The Labute approximate surface area is 100 Å². The second-order valence-electron chi connectivity index (χ2n) is 5.04. The van der Waals surface area contributed by atoms with Gasteiger partial charge in [-0.2, -0.15) is 0 Å². The summed E-state index contributed by atoms with van der Waals surface area (Å²) in [4.78, 5) is 0.